The first-order valence-electron chi connectivity index (χ1n) is 7.08. The van der Waals surface area contributed by atoms with Crippen LogP contribution in [0.1, 0.15) is 26.2 Å². The molecular formula is C14H23ClN2O3S. The molecule has 2 N–H and O–H groups in total. The minimum absolute atomic E-state index is 0. The number of halogens is 1. The molecule has 1 aromatic carbocycles. The minimum atomic E-state index is -3.43. The maximum atomic E-state index is 12.3. The van der Waals surface area contributed by atoms with Gasteiger partial charge in [-0.3, -0.25) is 0 Å². The van der Waals surface area contributed by atoms with Gasteiger partial charge in [-0.1, -0.05) is 6.92 Å². The van der Waals surface area contributed by atoms with Crippen LogP contribution in [0.3, 0.4) is 0 Å². The molecule has 21 heavy (non-hydrogen) atoms. The highest BCUT2D eigenvalue weighted by Crippen LogP contribution is 2.17. The zero-order chi connectivity index (χ0) is 14.4. The standard InChI is InChI=1S/C14H22N2O3S.ClH/c1-2-11-19-13-3-5-14(6-4-13)20(17,18)16-12-7-9-15-10-8-12;/h3-6,12,15-16H,2,7-11H2,1H3;1H. The zero-order valence-corrected chi connectivity index (χ0v) is 13.8. The lowest BCUT2D eigenvalue weighted by Crippen LogP contribution is -2.42. The topological polar surface area (TPSA) is 67.4 Å². The van der Waals surface area contributed by atoms with Gasteiger partial charge in [-0.15, -0.1) is 12.4 Å². The predicted octanol–water partition coefficient (Wildman–Crippen LogP) is 1.93. The number of hydrogen-bond acceptors (Lipinski definition) is 4. The summed E-state index contributed by atoms with van der Waals surface area (Å²) in [5, 5.41) is 3.22. The van der Waals surface area contributed by atoms with E-state index in [1.54, 1.807) is 24.3 Å². The normalized spacial score (nSPS) is 16.2. The number of piperidine rings is 1. The van der Waals surface area contributed by atoms with Crippen LogP contribution in [0, 0.1) is 0 Å². The van der Waals surface area contributed by atoms with Crippen molar-refractivity contribution in [1.29, 1.82) is 0 Å². The molecule has 5 nitrogen and oxygen atoms in total. The van der Waals surface area contributed by atoms with Crippen LogP contribution in [0.15, 0.2) is 29.2 Å². The Morgan fingerprint density at radius 3 is 2.43 bits per heavy atom. The van der Waals surface area contributed by atoms with Gasteiger partial charge in [-0.2, -0.15) is 0 Å². The molecule has 0 saturated carbocycles. The second kappa shape index (κ2) is 8.58. The van der Waals surface area contributed by atoms with Crippen molar-refractivity contribution in [3.8, 4) is 5.75 Å². The Bertz CT molecular complexity index is 514. The summed E-state index contributed by atoms with van der Waals surface area (Å²) in [7, 11) is -3.43. The van der Waals surface area contributed by atoms with Gasteiger partial charge in [0.2, 0.25) is 10.0 Å². The molecule has 1 aliphatic rings. The molecule has 120 valence electrons. The molecule has 1 heterocycles. The van der Waals surface area contributed by atoms with Crippen molar-refractivity contribution in [3.05, 3.63) is 24.3 Å². The summed E-state index contributed by atoms with van der Waals surface area (Å²) in [4.78, 5) is 0.292. The number of hydrogen-bond donors (Lipinski definition) is 2. The van der Waals surface area contributed by atoms with E-state index < -0.39 is 10.0 Å². The number of rotatable bonds is 6. The summed E-state index contributed by atoms with van der Waals surface area (Å²) in [5.74, 6) is 0.702. The predicted molar refractivity (Wildman–Crippen MR) is 85.7 cm³/mol. The molecule has 0 amide bonds. The van der Waals surface area contributed by atoms with Crippen LogP contribution >= 0.6 is 12.4 Å². The molecule has 1 saturated heterocycles. The van der Waals surface area contributed by atoms with E-state index in [1.807, 2.05) is 6.92 Å². The maximum Gasteiger partial charge on any atom is 0.240 e. The van der Waals surface area contributed by atoms with E-state index in [1.165, 1.54) is 0 Å². The second-order valence-corrected chi connectivity index (χ2v) is 6.68. The fraction of sp³-hybridized carbons (Fsp3) is 0.571. The van der Waals surface area contributed by atoms with Crippen LogP contribution in [0.4, 0.5) is 0 Å². The Morgan fingerprint density at radius 2 is 1.86 bits per heavy atom. The van der Waals surface area contributed by atoms with Crippen molar-refractivity contribution < 1.29 is 13.2 Å². The molecule has 0 bridgehead atoms. The molecular weight excluding hydrogens is 312 g/mol. The third kappa shape index (κ3) is 5.47. The van der Waals surface area contributed by atoms with Gasteiger partial charge in [0.05, 0.1) is 11.5 Å². The largest absolute Gasteiger partial charge is 0.494 e. The molecule has 2 rings (SSSR count). The zero-order valence-electron chi connectivity index (χ0n) is 12.2. The number of nitrogens with one attached hydrogen (secondary N) is 2. The van der Waals surface area contributed by atoms with E-state index in [-0.39, 0.29) is 18.4 Å². The molecule has 1 aliphatic heterocycles. The van der Waals surface area contributed by atoms with Gasteiger partial charge >= 0.3 is 0 Å². The van der Waals surface area contributed by atoms with Gasteiger partial charge in [0, 0.05) is 6.04 Å². The Balaban J connectivity index is 0.00000220. The van der Waals surface area contributed by atoms with Gasteiger partial charge in [0.15, 0.2) is 0 Å². The Kier molecular flexibility index (Phi) is 7.45. The van der Waals surface area contributed by atoms with Crippen molar-refractivity contribution in [2.45, 2.75) is 37.1 Å². The molecule has 1 fully saturated rings. The number of sulfonamides is 1. The fourth-order valence-electron chi connectivity index (χ4n) is 2.16. The maximum absolute atomic E-state index is 12.3. The summed E-state index contributed by atoms with van der Waals surface area (Å²) in [5.41, 5.74) is 0. The van der Waals surface area contributed by atoms with E-state index >= 15 is 0 Å². The highest BCUT2D eigenvalue weighted by molar-refractivity contribution is 7.89. The van der Waals surface area contributed by atoms with Crippen molar-refractivity contribution in [3.63, 3.8) is 0 Å². The van der Waals surface area contributed by atoms with Gasteiger partial charge in [0.1, 0.15) is 5.75 Å². The number of ether oxygens (including phenoxy) is 1. The third-order valence-electron chi connectivity index (χ3n) is 3.27. The van der Waals surface area contributed by atoms with Gasteiger partial charge in [-0.25, -0.2) is 13.1 Å². The lowest BCUT2D eigenvalue weighted by Gasteiger charge is -2.23. The van der Waals surface area contributed by atoms with E-state index in [0.717, 1.165) is 32.4 Å². The quantitative estimate of drug-likeness (QED) is 0.834. The summed E-state index contributed by atoms with van der Waals surface area (Å²) in [6.45, 7) is 4.38. The fourth-order valence-corrected chi connectivity index (χ4v) is 3.47. The van der Waals surface area contributed by atoms with Gasteiger partial charge in [-0.05, 0) is 56.6 Å². The first kappa shape index (κ1) is 18.2. The van der Waals surface area contributed by atoms with Crippen molar-refractivity contribution in [1.82, 2.24) is 10.0 Å². The van der Waals surface area contributed by atoms with E-state index in [4.69, 9.17) is 4.74 Å². The van der Waals surface area contributed by atoms with Crippen LogP contribution in [0.5, 0.6) is 5.75 Å². The number of benzene rings is 1. The Morgan fingerprint density at radius 1 is 1.24 bits per heavy atom. The molecule has 0 unspecified atom stereocenters. The smallest absolute Gasteiger partial charge is 0.240 e. The molecule has 0 radical (unpaired) electrons. The van der Waals surface area contributed by atoms with Crippen LogP contribution in [0.25, 0.3) is 0 Å². The highest BCUT2D eigenvalue weighted by Gasteiger charge is 2.21. The molecule has 0 aromatic heterocycles. The lowest BCUT2D eigenvalue weighted by atomic mass is 10.1. The van der Waals surface area contributed by atoms with Crippen molar-refractivity contribution in [2.75, 3.05) is 19.7 Å². The van der Waals surface area contributed by atoms with Crippen LogP contribution in [0.2, 0.25) is 0 Å². The van der Waals surface area contributed by atoms with Crippen LogP contribution in [-0.2, 0) is 10.0 Å². The van der Waals surface area contributed by atoms with Gasteiger partial charge < -0.3 is 10.1 Å². The van der Waals surface area contributed by atoms with Gasteiger partial charge in [0.25, 0.3) is 0 Å². The summed E-state index contributed by atoms with van der Waals surface area (Å²) in [6, 6.07) is 6.61. The molecule has 0 spiro atoms. The molecule has 1 aromatic rings. The lowest BCUT2D eigenvalue weighted by molar-refractivity contribution is 0.317. The van der Waals surface area contributed by atoms with E-state index in [0.29, 0.717) is 17.3 Å². The monoisotopic (exact) mass is 334 g/mol. The molecule has 7 heteroatoms. The molecule has 0 aliphatic carbocycles. The average molecular weight is 335 g/mol. The summed E-state index contributed by atoms with van der Waals surface area (Å²) in [6.07, 6.45) is 2.59. The van der Waals surface area contributed by atoms with Crippen molar-refractivity contribution >= 4 is 22.4 Å². The molecule has 0 atom stereocenters. The summed E-state index contributed by atoms with van der Waals surface area (Å²) >= 11 is 0. The van der Waals surface area contributed by atoms with Crippen LogP contribution < -0.4 is 14.8 Å². The Hall–Kier alpha value is -0.820. The first-order chi connectivity index (χ1) is 9.62. The minimum Gasteiger partial charge on any atom is -0.494 e. The second-order valence-electron chi connectivity index (χ2n) is 4.97. The third-order valence-corrected chi connectivity index (χ3v) is 4.80. The van der Waals surface area contributed by atoms with E-state index in [9.17, 15) is 8.42 Å². The van der Waals surface area contributed by atoms with Crippen LogP contribution in [-0.4, -0.2) is 34.2 Å². The average Bonchev–Trinajstić information content (AvgIpc) is 2.46. The highest BCUT2D eigenvalue weighted by atomic mass is 35.5. The SMILES string of the molecule is CCCOc1ccc(S(=O)(=O)NC2CCNCC2)cc1.Cl. The van der Waals surface area contributed by atoms with Crippen molar-refractivity contribution in [2.24, 2.45) is 0 Å². The first-order valence-corrected chi connectivity index (χ1v) is 8.56. The van der Waals surface area contributed by atoms with E-state index in [2.05, 4.69) is 10.0 Å². The Labute approximate surface area is 132 Å². The summed E-state index contributed by atoms with van der Waals surface area (Å²) < 4.78 is 32.7.